The molecule has 0 amide bonds. The molecule has 12 aromatic carbocycles. The summed E-state index contributed by atoms with van der Waals surface area (Å²) in [7, 11) is -2.65. The lowest BCUT2D eigenvalue weighted by Gasteiger charge is -2.34. The number of fused-ring (bicyclic) bond motifs is 4. The lowest BCUT2D eigenvalue weighted by molar-refractivity contribution is 1.18. The van der Waals surface area contributed by atoms with Crippen LogP contribution in [0.2, 0.25) is 0 Å². The van der Waals surface area contributed by atoms with E-state index >= 15 is 0 Å². The number of para-hydroxylation sites is 2. The third-order valence-corrected chi connectivity index (χ3v) is 19.5. The van der Waals surface area contributed by atoms with Crippen molar-refractivity contribution >= 4 is 78.5 Å². The predicted molar refractivity (Wildman–Crippen MR) is 313 cm³/mol. The van der Waals surface area contributed by atoms with Gasteiger partial charge >= 0.3 is 0 Å². The summed E-state index contributed by atoms with van der Waals surface area (Å²) < 4.78 is 2.40. The molecule has 0 aliphatic carbocycles. The molecular weight excluding hydrogens is 897 g/mol. The van der Waals surface area contributed by atoms with E-state index in [0.29, 0.717) is 0 Å². The summed E-state index contributed by atoms with van der Waals surface area (Å²) in [4.78, 5) is 2.44. The van der Waals surface area contributed by atoms with Crippen LogP contribution in [0.5, 0.6) is 0 Å². The average molecular weight is 947 g/mol. The highest BCUT2D eigenvalue weighted by atomic mass is 28.3. The quantitative estimate of drug-likeness (QED) is 0.0926. The van der Waals surface area contributed by atoms with Gasteiger partial charge in [0, 0.05) is 27.8 Å². The van der Waals surface area contributed by atoms with E-state index < -0.39 is 8.07 Å². The first kappa shape index (κ1) is 43.7. The molecule has 0 radical (unpaired) electrons. The molecule has 3 heteroatoms. The molecule has 0 saturated carbocycles. The molecule has 0 bridgehead atoms. The van der Waals surface area contributed by atoms with Crippen LogP contribution in [0.3, 0.4) is 0 Å². The van der Waals surface area contributed by atoms with Crippen LogP contribution < -0.4 is 25.6 Å². The summed E-state index contributed by atoms with van der Waals surface area (Å²) >= 11 is 0. The van der Waals surface area contributed by atoms with Gasteiger partial charge in [0.1, 0.15) is 0 Å². The second-order valence-electron chi connectivity index (χ2n) is 18.9. The Labute approximate surface area is 428 Å². The minimum absolute atomic E-state index is 1.08. The molecule has 13 aromatic rings. The Morgan fingerprint density at radius 3 is 1.30 bits per heavy atom. The minimum atomic E-state index is -2.65. The van der Waals surface area contributed by atoms with Crippen LogP contribution in [0.1, 0.15) is 0 Å². The first-order chi connectivity index (χ1) is 36.2. The van der Waals surface area contributed by atoms with E-state index in [0.717, 1.165) is 28.3 Å². The molecule has 344 valence electrons. The summed E-state index contributed by atoms with van der Waals surface area (Å²) in [6, 6.07) is 112. The van der Waals surface area contributed by atoms with Gasteiger partial charge < -0.3 is 9.47 Å². The first-order valence-electron chi connectivity index (χ1n) is 25.2. The van der Waals surface area contributed by atoms with E-state index in [4.69, 9.17) is 0 Å². The standard InChI is InChI=1S/C70H50N2Si/c1-5-23-59(24-6-1)72-67-32-16-15-31-66(67)70-68(33-18-34-69(70)72)71(61-45-39-54(40-46-61)56-21-17-22-57(49-56)58-36-35-51-19-13-14-20-55(51)50-58)60-43-37-52(38-44-60)53-41-47-65(48-42-53)73(62-25-7-2-8-26-62,63-27-9-3-10-28-63)64-29-11-4-12-30-64/h1-50H. The summed E-state index contributed by atoms with van der Waals surface area (Å²) in [5.74, 6) is 0. The molecule has 0 unspecified atom stereocenters. The third kappa shape index (κ3) is 7.84. The van der Waals surface area contributed by atoms with Crippen molar-refractivity contribution in [2.45, 2.75) is 0 Å². The van der Waals surface area contributed by atoms with Crippen LogP contribution >= 0.6 is 0 Å². The van der Waals surface area contributed by atoms with Gasteiger partial charge in [-0.25, -0.2) is 0 Å². The smallest absolute Gasteiger partial charge is 0.179 e. The van der Waals surface area contributed by atoms with Gasteiger partial charge in [-0.3, -0.25) is 0 Å². The summed E-state index contributed by atoms with van der Waals surface area (Å²) in [5.41, 5.74) is 13.9. The summed E-state index contributed by atoms with van der Waals surface area (Å²) in [5, 5.41) is 10.4. The number of rotatable bonds is 11. The Balaban J connectivity index is 0.914. The zero-order valence-corrected chi connectivity index (χ0v) is 41.3. The zero-order valence-electron chi connectivity index (χ0n) is 40.3. The van der Waals surface area contributed by atoms with E-state index in [-0.39, 0.29) is 0 Å². The van der Waals surface area contributed by atoms with Crippen molar-refractivity contribution in [2.75, 3.05) is 4.90 Å². The van der Waals surface area contributed by atoms with Crippen LogP contribution in [-0.2, 0) is 0 Å². The highest BCUT2D eigenvalue weighted by Crippen LogP contribution is 2.44. The Morgan fingerprint density at radius 2 is 0.699 bits per heavy atom. The lowest BCUT2D eigenvalue weighted by atomic mass is 9.97. The number of aromatic nitrogens is 1. The molecular formula is C70H50N2Si. The summed E-state index contributed by atoms with van der Waals surface area (Å²) in [6.45, 7) is 0. The van der Waals surface area contributed by atoms with E-state index in [1.165, 1.54) is 81.2 Å². The second-order valence-corrected chi connectivity index (χ2v) is 22.7. The van der Waals surface area contributed by atoms with Crippen LogP contribution in [-0.4, -0.2) is 12.6 Å². The maximum atomic E-state index is 2.44. The molecule has 1 heterocycles. The van der Waals surface area contributed by atoms with Gasteiger partial charge in [-0.05, 0) is 132 Å². The van der Waals surface area contributed by atoms with Crippen LogP contribution in [0.25, 0.3) is 71.6 Å². The highest BCUT2D eigenvalue weighted by Gasteiger charge is 2.41. The Kier molecular flexibility index (Phi) is 11.3. The van der Waals surface area contributed by atoms with Crippen LogP contribution in [0.15, 0.2) is 303 Å². The van der Waals surface area contributed by atoms with E-state index in [9.17, 15) is 0 Å². The molecule has 1 aromatic heterocycles. The first-order valence-corrected chi connectivity index (χ1v) is 27.2. The van der Waals surface area contributed by atoms with Gasteiger partial charge in [-0.1, -0.05) is 237 Å². The van der Waals surface area contributed by atoms with Crippen molar-refractivity contribution in [2.24, 2.45) is 0 Å². The number of hydrogen-bond acceptors (Lipinski definition) is 1. The SMILES string of the molecule is c1ccc(-n2c3ccccc3c3c(N(c4ccc(-c5ccc([Si](c6ccccc6)(c6ccccc6)c6ccccc6)cc5)cc4)c4ccc(-c5cccc(-c6ccc7ccccc7c6)c5)cc4)cccc32)cc1. The van der Waals surface area contributed by atoms with Gasteiger partial charge in [-0.2, -0.15) is 0 Å². The van der Waals surface area contributed by atoms with Gasteiger partial charge in [0.25, 0.3) is 0 Å². The summed E-state index contributed by atoms with van der Waals surface area (Å²) in [6.07, 6.45) is 0. The van der Waals surface area contributed by atoms with Crippen molar-refractivity contribution in [3.05, 3.63) is 303 Å². The normalized spacial score (nSPS) is 11.6. The van der Waals surface area contributed by atoms with Crippen molar-refractivity contribution in [3.8, 4) is 39.1 Å². The highest BCUT2D eigenvalue weighted by molar-refractivity contribution is 7.19. The monoisotopic (exact) mass is 946 g/mol. The molecule has 0 spiro atoms. The largest absolute Gasteiger partial charge is 0.310 e. The number of anilines is 3. The second kappa shape index (κ2) is 18.8. The molecule has 2 nitrogen and oxygen atoms in total. The minimum Gasteiger partial charge on any atom is -0.310 e. The molecule has 13 rings (SSSR count). The van der Waals surface area contributed by atoms with Crippen molar-refractivity contribution in [1.29, 1.82) is 0 Å². The number of benzene rings is 12. The fourth-order valence-electron chi connectivity index (χ4n) is 11.3. The fourth-order valence-corrected chi connectivity index (χ4v) is 16.0. The van der Waals surface area contributed by atoms with Crippen LogP contribution in [0, 0.1) is 0 Å². The molecule has 73 heavy (non-hydrogen) atoms. The van der Waals surface area contributed by atoms with E-state index in [1.807, 2.05) is 0 Å². The molecule has 0 aliphatic heterocycles. The number of nitrogens with zero attached hydrogens (tertiary/aromatic N) is 2. The van der Waals surface area contributed by atoms with Crippen molar-refractivity contribution in [3.63, 3.8) is 0 Å². The maximum Gasteiger partial charge on any atom is 0.179 e. The third-order valence-electron chi connectivity index (χ3n) is 14.7. The Morgan fingerprint density at radius 1 is 0.274 bits per heavy atom. The topological polar surface area (TPSA) is 8.17 Å². The fraction of sp³-hybridized carbons (Fsp3) is 0. The lowest BCUT2D eigenvalue weighted by Crippen LogP contribution is -2.74. The van der Waals surface area contributed by atoms with Crippen molar-refractivity contribution < 1.29 is 0 Å². The molecule has 0 saturated heterocycles. The van der Waals surface area contributed by atoms with E-state index in [2.05, 4.69) is 313 Å². The molecule has 0 N–H and O–H groups in total. The predicted octanol–water partition coefficient (Wildman–Crippen LogP) is 15.8. The zero-order chi connectivity index (χ0) is 48.6. The Hall–Kier alpha value is -9.28. The van der Waals surface area contributed by atoms with Crippen LogP contribution in [0.4, 0.5) is 17.1 Å². The molecule has 0 fully saturated rings. The van der Waals surface area contributed by atoms with E-state index in [1.54, 1.807) is 0 Å². The maximum absolute atomic E-state index is 2.65. The van der Waals surface area contributed by atoms with Crippen molar-refractivity contribution in [1.82, 2.24) is 4.57 Å². The molecule has 0 aliphatic rings. The van der Waals surface area contributed by atoms with Gasteiger partial charge in [0.05, 0.1) is 16.7 Å². The van der Waals surface area contributed by atoms with Gasteiger partial charge in [0.15, 0.2) is 8.07 Å². The van der Waals surface area contributed by atoms with Gasteiger partial charge in [0.2, 0.25) is 0 Å². The molecule has 0 atom stereocenters. The Bertz CT molecular complexity index is 3940. The van der Waals surface area contributed by atoms with Gasteiger partial charge in [-0.15, -0.1) is 0 Å². The number of hydrogen-bond donors (Lipinski definition) is 0. The average Bonchev–Trinajstić information content (AvgIpc) is 3.82.